The second-order valence-corrected chi connectivity index (χ2v) is 6.42. The van der Waals surface area contributed by atoms with E-state index in [1.165, 1.54) is 32.1 Å². The molecule has 0 spiro atoms. The Bertz CT molecular complexity index is 292. The van der Waals surface area contributed by atoms with Crippen LogP contribution in [0.25, 0.3) is 0 Å². The van der Waals surface area contributed by atoms with Crippen LogP contribution in [0.3, 0.4) is 0 Å². The number of carbonyl (C=O) groups excluding carboxylic acids is 1. The number of hydrogen-bond acceptors (Lipinski definition) is 2. The zero-order valence-corrected chi connectivity index (χ0v) is 12.2. The highest BCUT2D eigenvalue weighted by Crippen LogP contribution is 2.33. The van der Waals surface area contributed by atoms with E-state index >= 15 is 0 Å². The minimum absolute atomic E-state index is 0.00713. The highest BCUT2D eigenvalue weighted by atomic mass is 16.2. The number of nitrogens with one attached hydrogen (secondary N) is 2. The van der Waals surface area contributed by atoms with Crippen LogP contribution in [-0.4, -0.2) is 24.2 Å². The second-order valence-electron chi connectivity index (χ2n) is 6.42. The van der Waals surface area contributed by atoms with Crippen molar-refractivity contribution >= 4 is 6.03 Å². The molecule has 0 heterocycles. The predicted molar refractivity (Wildman–Crippen MR) is 78.0 cm³/mol. The van der Waals surface area contributed by atoms with Gasteiger partial charge in [-0.15, -0.1) is 0 Å². The Hall–Kier alpha value is -0.770. The Morgan fingerprint density at radius 2 is 1.84 bits per heavy atom. The van der Waals surface area contributed by atoms with Crippen molar-refractivity contribution in [1.82, 2.24) is 10.6 Å². The first-order valence-corrected chi connectivity index (χ1v) is 7.96. The van der Waals surface area contributed by atoms with Gasteiger partial charge in [0.15, 0.2) is 0 Å². The average molecular weight is 267 g/mol. The van der Waals surface area contributed by atoms with Gasteiger partial charge < -0.3 is 16.4 Å². The Morgan fingerprint density at radius 3 is 2.37 bits per heavy atom. The Kier molecular flexibility index (Phi) is 5.08. The molecular weight excluding hydrogens is 238 g/mol. The zero-order valence-electron chi connectivity index (χ0n) is 12.2. The third-order valence-corrected chi connectivity index (χ3v) is 5.10. The van der Waals surface area contributed by atoms with Gasteiger partial charge in [-0.05, 0) is 44.4 Å². The zero-order chi connectivity index (χ0) is 13.7. The van der Waals surface area contributed by atoms with Gasteiger partial charge in [-0.1, -0.05) is 26.2 Å². The summed E-state index contributed by atoms with van der Waals surface area (Å²) in [6.45, 7) is 2.81. The van der Waals surface area contributed by atoms with Gasteiger partial charge >= 0.3 is 6.03 Å². The molecule has 2 aliphatic carbocycles. The molecule has 0 aromatic rings. The monoisotopic (exact) mass is 267 g/mol. The average Bonchev–Trinajstić information content (AvgIpc) is 2.92. The van der Waals surface area contributed by atoms with Crippen LogP contribution in [-0.2, 0) is 0 Å². The van der Waals surface area contributed by atoms with Crippen molar-refractivity contribution in [1.29, 1.82) is 0 Å². The largest absolute Gasteiger partial charge is 0.335 e. The fraction of sp³-hybridized carbons (Fsp3) is 0.933. The molecule has 0 aromatic carbocycles. The van der Waals surface area contributed by atoms with Crippen LogP contribution in [0.5, 0.6) is 0 Å². The van der Waals surface area contributed by atoms with Gasteiger partial charge in [-0.25, -0.2) is 4.79 Å². The summed E-state index contributed by atoms with van der Waals surface area (Å²) in [7, 11) is 0. The highest BCUT2D eigenvalue weighted by molar-refractivity contribution is 5.75. The Morgan fingerprint density at radius 1 is 1.21 bits per heavy atom. The summed E-state index contributed by atoms with van der Waals surface area (Å²) in [6, 6.07) is 0.370. The maximum atomic E-state index is 12.1. The molecule has 2 fully saturated rings. The summed E-state index contributed by atoms with van der Waals surface area (Å²) < 4.78 is 0. The SMILES string of the molecule is CCC1CCC(CN)(NC(=O)NC2CCCC2)CC1. The first kappa shape index (κ1) is 14.6. The smallest absolute Gasteiger partial charge is 0.315 e. The van der Waals surface area contributed by atoms with Gasteiger partial charge in [0.25, 0.3) is 0 Å². The van der Waals surface area contributed by atoms with E-state index in [2.05, 4.69) is 17.6 Å². The fourth-order valence-electron chi connectivity index (χ4n) is 3.55. The molecule has 0 aromatic heterocycles. The number of rotatable bonds is 4. The molecule has 19 heavy (non-hydrogen) atoms. The van der Waals surface area contributed by atoms with Gasteiger partial charge in [-0.3, -0.25) is 0 Å². The van der Waals surface area contributed by atoms with E-state index in [9.17, 15) is 4.79 Å². The molecule has 4 N–H and O–H groups in total. The van der Waals surface area contributed by atoms with Gasteiger partial charge in [0.05, 0.1) is 5.54 Å². The maximum absolute atomic E-state index is 12.1. The minimum atomic E-state index is -0.158. The normalized spacial score (nSPS) is 32.2. The van der Waals surface area contributed by atoms with Crippen molar-refractivity contribution < 1.29 is 4.79 Å². The maximum Gasteiger partial charge on any atom is 0.315 e. The highest BCUT2D eigenvalue weighted by Gasteiger charge is 2.35. The number of nitrogens with two attached hydrogens (primary N) is 1. The summed E-state index contributed by atoms with van der Waals surface area (Å²) in [5.74, 6) is 0.819. The van der Waals surface area contributed by atoms with Gasteiger partial charge in [0.1, 0.15) is 0 Å². The van der Waals surface area contributed by atoms with E-state index < -0.39 is 0 Å². The van der Waals surface area contributed by atoms with Crippen LogP contribution in [0.4, 0.5) is 4.79 Å². The summed E-state index contributed by atoms with van der Waals surface area (Å²) >= 11 is 0. The van der Waals surface area contributed by atoms with Gasteiger partial charge in [0, 0.05) is 12.6 Å². The van der Waals surface area contributed by atoms with E-state index in [0.717, 1.165) is 31.6 Å². The number of carbonyl (C=O) groups is 1. The quantitative estimate of drug-likeness (QED) is 0.732. The van der Waals surface area contributed by atoms with Crippen LogP contribution in [0.15, 0.2) is 0 Å². The van der Waals surface area contributed by atoms with E-state index in [1.807, 2.05) is 0 Å². The lowest BCUT2D eigenvalue weighted by atomic mass is 9.75. The standard InChI is InChI=1S/C15H29N3O/c1-2-12-7-9-15(11-16,10-8-12)18-14(19)17-13-5-3-4-6-13/h12-13H,2-11,16H2,1H3,(H2,17,18,19). The molecule has 0 radical (unpaired) electrons. The van der Waals surface area contributed by atoms with Crippen molar-refractivity contribution in [3.05, 3.63) is 0 Å². The van der Waals surface area contributed by atoms with E-state index in [1.54, 1.807) is 0 Å². The topological polar surface area (TPSA) is 67.1 Å². The van der Waals surface area contributed by atoms with Gasteiger partial charge in [-0.2, -0.15) is 0 Å². The van der Waals surface area contributed by atoms with Crippen molar-refractivity contribution in [2.75, 3.05) is 6.54 Å². The van der Waals surface area contributed by atoms with Crippen molar-refractivity contribution in [3.8, 4) is 0 Å². The minimum Gasteiger partial charge on any atom is -0.335 e. The van der Waals surface area contributed by atoms with Crippen LogP contribution in [0, 0.1) is 5.92 Å². The third-order valence-electron chi connectivity index (χ3n) is 5.10. The molecular formula is C15H29N3O. The summed E-state index contributed by atoms with van der Waals surface area (Å²) in [6.07, 6.45) is 10.4. The third kappa shape index (κ3) is 3.85. The summed E-state index contributed by atoms with van der Waals surface area (Å²) in [5.41, 5.74) is 5.78. The molecule has 0 unspecified atom stereocenters. The second kappa shape index (κ2) is 6.60. The van der Waals surface area contributed by atoms with Crippen molar-refractivity contribution in [2.45, 2.75) is 76.3 Å². The molecule has 110 valence electrons. The summed E-state index contributed by atoms with van der Waals surface area (Å²) in [4.78, 5) is 12.1. The number of urea groups is 1. The molecule has 2 saturated carbocycles. The Labute approximate surface area is 116 Å². The van der Waals surface area contributed by atoms with Crippen molar-refractivity contribution in [2.24, 2.45) is 11.7 Å². The fourth-order valence-corrected chi connectivity index (χ4v) is 3.55. The molecule has 2 rings (SSSR count). The molecule has 4 nitrogen and oxygen atoms in total. The van der Waals surface area contributed by atoms with Crippen LogP contribution < -0.4 is 16.4 Å². The molecule has 2 aliphatic rings. The van der Waals surface area contributed by atoms with Crippen molar-refractivity contribution in [3.63, 3.8) is 0 Å². The lowest BCUT2D eigenvalue weighted by Gasteiger charge is -2.40. The van der Waals surface area contributed by atoms with Crippen LogP contribution in [0.2, 0.25) is 0 Å². The molecule has 2 amide bonds. The summed E-state index contributed by atoms with van der Waals surface area (Å²) in [5, 5.41) is 6.28. The lowest BCUT2D eigenvalue weighted by molar-refractivity contribution is 0.180. The number of hydrogen-bond donors (Lipinski definition) is 3. The molecule has 0 saturated heterocycles. The van der Waals surface area contributed by atoms with Crippen LogP contribution >= 0.6 is 0 Å². The van der Waals surface area contributed by atoms with Crippen LogP contribution in [0.1, 0.15) is 64.7 Å². The van der Waals surface area contributed by atoms with E-state index in [0.29, 0.717) is 12.6 Å². The first-order chi connectivity index (χ1) is 9.17. The van der Waals surface area contributed by atoms with E-state index in [-0.39, 0.29) is 11.6 Å². The van der Waals surface area contributed by atoms with E-state index in [4.69, 9.17) is 5.73 Å². The molecule has 0 aliphatic heterocycles. The lowest BCUT2D eigenvalue weighted by Crippen LogP contribution is -2.58. The first-order valence-electron chi connectivity index (χ1n) is 7.96. The van der Waals surface area contributed by atoms with Gasteiger partial charge in [0.2, 0.25) is 0 Å². The molecule has 4 heteroatoms. The predicted octanol–water partition coefficient (Wildman–Crippen LogP) is 2.53. The number of amides is 2. The molecule has 0 atom stereocenters. The molecule has 0 bridgehead atoms. The Balaban J connectivity index is 1.82.